The molecule has 0 radical (unpaired) electrons. The number of nitrogens with zero attached hydrogens (tertiary/aromatic N) is 1. The van der Waals surface area contributed by atoms with Crippen LogP contribution in [0.3, 0.4) is 0 Å². The molecule has 0 atom stereocenters. The monoisotopic (exact) mass is 327 g/mol. The molecule has 3 aromatic rings. The number of aromatic nitrogens is 1. The van der Waals surface area contributed by atoms with Gasteiger partial charge in [-0.15, -0.1) is 11.3 Å². The van der Waals surface area contributed by atoms with E-state index in [9.17, 15) is 0 Å². The van der Waals surface area contributed by atoms with Crippen molar-refractivity contribution in [2.24, 2.45) is 0 Å². The summed E-state index contributed by atoms with van der Waals surface area (Å²) in [7, 11) is 0. The van der Waals surface area contributed by atoms with Gasteiger partial charge in [0.15, 0.2) is 5.11 Å². The first-order chi connectivity index (χ1) is 10.8. The van der Waals surface area contributed by atoms with Gasteiger partial charge in [0, 0.05) is 17.8 Å². The maximum Gasteiger partial charge on any atom is 0.170 e. The Kier molecular flexibility index (Phi) is 4.65. The maximum atomic E-state index is 5.28. The third-order valence-electron chi connectivity index (χ3n) is 3.20. The zero-order chi connectivity index (χ0) is 15.4. The van der Waals surface area contributed by atoms with Crippen LogP contribution in [0.5, 0.6) is 0 Å². The number of para-hydroxylation sites is 1. The van der Waals surface area contributed by atoms with Gasteiger partial charge in [-0.1, -0.05) is 31.2 Å². The molecule has 2 aromatic carbocycles. The first-order valence-electron chi connectivity index (χ1n) is 7.27. The summed E-state index contributed by atoms with van der Waals surface area (Å²) in [5.41, 5.74) is 3.12. The molecule has 0 aliphatic heterocycles. The van der Waals surface area contributed by atoms with Gasteiger partial charge in [-0.2, -0.15) is 0 Å². The number of thiocarbonyl (C=S) groups is 1. The molecule has 22 heavy (non-hydrogen) atoms. The van der Waals surface area contributed by atoms with Crippen molar-refractivity contribution in [2.75, 3.05) is 11.9 Å². The highest BCUT2D eigenvalue weighted by Gasteiger charge is 2.06. The fraction of sp³-hybridized carbons (Fsp3) is 0.176. The normalized spacial score (nSPS) is 10.6. The van der Waals surface area contributed by atoms with E-state index in [1.807, 2.05) is 30.3 Å². The Morgan fingerprint density at radius 1 is 1.18 bits per heavy atom. The SMILES string of the molecule is CCCNC(=S)Nc1cccc(-c2nc3ccccc3s2)c1. The molecule has 0 amide bonds. The van der Waals surface area contributed by atoms with Crippen molar-refractivity contribution in [1.29, 1.82) is 0 Å². The van der Waals surface area contributed by atoms with Crippen LogP contribution in [0, 0.1) is 0 Å². The van der Waals surface area contributed by atoms with Gasteiger partial charge in [0.05, 0.1) is 10.2 Å². The average Bonchev–Trinajstić information content (AvgIpc) is 2.97. The third kappa shape index (κ3) is 3.43. The zero-order valence-corrected chi connectivity index (χ0v) is 13.9. The summed E-state index contributed by atoms with van der Waals surface area (Å²) in [6.45, 7) is 2.99. The molecule has 3 rings (SSSR count). The molecular formula is C17H17N3S2. The van der Waals surface area contributed by atoms with Crippen LogP contribution in [-0.4, -0.2) is 16.6 Å². The molecule has 1 heterocycles. The molecule has 2 N–H and O–H groups in total. The Hall–Kier alpha value is -1.98. The maximum absolute atomic E-state index is 5.28. The summed E-state index contributed by atoms with van der Waals surface area (Å²) in [4.78, 5) is 4.70. The highest BCUT2D eigenvalue weighted by Crippen LogP contribution is 2.31. The van der Waals surface area contributed by atoms with Crippen LogP contribution in [0.15, 0.2) is 48.5 Å². The summed E-state index contributed by atoms with van der Waals surface area (Å²) in [5.74, 6) is 0. The van der Waals surface area contributed by atoms with Gasteiger partial charge in [-0.3, -0.25) is 0 Å². The van der Waals surface area contributed by atoms with Gasteiger partial charge in [0.25, 0.3) is 0 Å². The molecular weight excluding hydrogens is 310 g/mol. The summed E-state index contributed by atoms with van der Waals surface area (Å²) in [6, 6.07) is 16.4. The van der Waals surface area contributed by atoms with E-state index in [0.29, 0.717) is 5.11 Å². The topological polar surface area (TPSA) is 37.0 Å². The van der Waals surface area contributed by atoms with E-state index in [1.165, 1.54) is 4.70 Å². The first kappa shape index (κ1) is 14.9. The van der Waals surface area contributed by atoms with E-state index >= 15 is 0 Å². The number of benzene rings is 2. The van der Waals surface area contributed by atoms with Crippen LogP contribution in [0.4, 0.5) is 5.69 Å². The quantitative estimate of drug-likeness (QED) is 0.683. The van der Waals surface area contributed by atoms with Crippen LogP contribution < -0.4 is 10.6 Å². The van der Waals surface area contributed by atoms with Crippen molar-refractivity contribution in [1.82, 2.24) is 10.3 Å². The predicted molar refractivity (Wildman–Crippen MR) is 99.6 cm³/mol. The van der Waals surface area contributed by atoms with E-state index in [2.05, 4.69) is 35.8 Å². The second kappa shape index (κ2) is 6.85. The largest absolute Gasteiger partial charge is 0.362 e. The van der Waals surface area contributed by atoms with Crippen LogP contribution in [0.2, 0.25) is 0 Å². The number of thiazole rings is 1. The number of hydrogen-bond acceptors (Lipinski definition) is 3. The predicted octanol–water partition coefficient (Wildman–Crippen LogP) is 4.66. The standard InChI is InChI=1S/C17H17N3S2/c1-2-10-18-17(21)19-13-7-5-6-12(11-13)16-20-14-8-3-4-9-15(14)22-16/h3-9,11H,2,10H2,1H3,(H2,18,19,21). The number of fused-ring (bicyclic) bond motifs is 1. The fourth-order valence-electron chi connectivity index (χ4n) is 2.14. The van der Waals surface area contributed by atoms with Crippen LogP contribution in [-0.2, 0) is 0 Å². The second-order valence-corrected chi connectivity index (χ2v) is 6.39. The number of hydrogen-bond donors (Lipinski definition) is 2. The molecule has 5 heteroatoms. The Bertz CT molecular complexity index is 762. The minimum atomic E-state index is 0.656. The summed E-state index contributed by atoms with van der Waals surface area (Å²) in [5, 5.41) is 8.07. The van der Waals surface area contributed by atoms with Crippen molar-refractivity contribution in [3.63, 3.8) is 0 Å². The van der Waals surface area contributed by atoms with E-state index < -0.39 is 0 Å². The van der Waals surface area contributed by atoms with Crippen molar-refractivity contribution < 1.29 is 0 Å². The summed E-state index contributed by atoms with van der Waals surface area (Å²) < 4.78 is 1.20. The lowest BCUT2D eigenvalue weighted by molar-refractivity contribution is 0.846. The molecule has 0 bridgehead atoms. The van der Waals surface area contributed by atoms with Gasteiger partial charge < -0.3 is 10.6 Å². The lowest BCUT2D eigenvalue weighted by Crippen LogP contribution is -2.28. The second-order valence-electron chi connectivity index (χ2n) is 4.95. The fourth-order valence-corrected chi connectivity index (χ4v) is 3.32. The number of nitrogens with one attached hydrogen (secondary N) is 2. The molecule has 0 unspecified atom stereocenters. The van der Waals surface area contributed by atoms with E-state index in [4.69, 9.17) is 17.2 Å². The molecule has 0 saturated carbocycles. The Morgan fingerprint density at radius 3 is 2.86 bits per heavy atom. The lowest BCUT2D eigenvalue weighted by Gasteiger charge is -2.10. The van der Waals surface area contributed by atoms with Gasteiger partial charge in [0.2, 0.25) is 0 Å². The molecule has 3 nitrogen and oxygen atoms in total. The molecule has 0 saturated heterocycles. The van der Waals surface area contributed by atoms with Gasteiger partial charge in [-0.25, -0.2) is 4.98 Å². The summed E-state index contributed by atoms with van der Waals surface area (Å²) in [6.07, 6.45) is 1.05. The molecule has 0 aliphatic rings. The average molecular weight is 327 g/mol. The van der Waals surface area contributed by atoms with Crippen LogP contribution in [0.1, 0.15) is 13.3 Å². The Balaban J connectivity index is 1.82. The number of rotatable bonds is 4. The molecule has 0 aliphatic carbocycles. The van der Waals surface area contributed by atoms with Gasteiger partial charge in [0.1, 0.15) is 5.01 Å². The highest BCUT2D eigenvalue weighted by atomic mass is 32.1. The van der Waals surface area contributed by atoms with Crippen molar-refractivity contribution >= 4 is 44.6 Å². The Labute approximate surface area is 139 Å². The van der Waals surface area contributed by atoms with Crippen molar-refractivity contribution in [3.8, 4) is 10.6 Å². The first-order valence-corrected chi connectivity index (χ1v) is 8.49. The molecule has 0 spiro atoms. The van der Waals surface area contributed by atoms with Crippen LogP contribution in [0.25, 0.3) is 20.8 Å². The van der Waals surface area contributed by atoms with E-state index in [0.717, 1.165) is 34.7 Å². The minimum Gasteiger partial charge on any atom is -0.362 e. The molecule has 112 valence electrons. The third-order valence-corrected chi connectivity index (χ3v) is 4.53. The molecule has 0 fully saturated rings. The van der Waals surface area contributed by atoms with E-state index in [-0.39, 0.29) is 0 Å². The number of anilines is 1. The van der Waals surface area contributed by atoms with Gasteiger partial charge >= 0.3 is 0 Å². The van der Waals surface area contributed by atoms with Gasteiger partial charge in [-0.05, 0) is 42.9 Å². The lowest BCUT2D eigenvalue weighted by atomic mass is 10.2. The van der Waals surface area contributed by atoms with Crippen molar-refractivity contribution in [3.05, 3.63) is 48.5 Å². The van der Waals surface area contributed by atoms with Crippen molar-refractivity contribution in [2.45, 2.75) is 13.3 Å². The van der Waals surface area contributed by atoms with E-state index in [1.54, 1.807) is 11.3 Å². The highest BCUT2D eigenvalue weighted by molar-refractivity contribution is 7.80. The van der Waals surface area contributed by atoms with Crippen LogP contribution >= 0.6 is 23.6 Å². The Morgan fingerprint density at radius 2 is 2.05 bits per heavy atom. The zero-order valence-electron chi connectivity index (χ0n) is 12.3. The smallest absolute Gasteiger partial charge is 0.170 e. The molecule has 1 aromatic heterocycles. The minimum absolute atomic E-state index is 0.656. The summed E-state index contributed by atoms with van der Waals surface area (Å²) >= 11 is 6.98.